The highest BCUT2D eigenvalue weighted by atomic mass is 32.1. The molecule has 0 atom stereocenters. The summed E-state index contributed by atoms with van der Waals surface area (Å²) in [5.74, 6) is 0. The number of benzene rings is 1. The Morgan fingerprint density at radius 1 is 1.43 bits per heavy atom. The van der Waals surface area contributed by atoms with Crippen molar-refractivity contribution in [3.63, 3.8) is 0 Å². The van der Waals surface area contributed by atoms with E-state index in [0.29, 0.717) is 5.11 Å². The Morgan fingerprint density at radius 2 is 2.24 bits per heavy atom. The number of rotatable bonds is 5. The van der Waals surface area contributed by atoms with E-state index in [4.69, 9.17) is 17.0 Å². The van der Waals surface area contributed by atoms with Crippen molar-refractivity contribution >= 4 is 23.5 Å². The van der Waals surface area contributed by atoms with Crippen LogP contribution >= 0.6 is 12.2 Å². The minimum Gasteiger partial charge on any atom is -0.379 e. The van der Waals surface area contributed by atoms with Crippen LogP contribution in [0.4, 0.5) is 0 Å². The van der Waals surface area contributed by atoms with Crippen LogP contribution in [0.15, 0.2) is 29.4 Å². The molecule has 0 aromatic heterocycles. The van der Waals surface area contributed by atoms with Gasteiger partial charge in [0.1, 0.15) is 0 Å². The topological polar surface area (TPSA) is 48.9 Å². The largest absolute Gasteiger partial charge is 0.379 e. The van der Waals surface area contributed by atoms with Crippen LogP contribution < -0.4 is 10.7 Å². The van der Waals surface area contributed by atoms with Gasteiger partial charge in [0.2, 0.25) is 0 Å². The predicted octanol–water partition coefficient (Wildman–Crippen LogP) is 1.13. The van der Waals surface area contributed by atoms with Crippen molar-refractivity contribution in [3.05, 3.63) is 35.4 Å². The van der Waals surface area contributed by atoms with E-state index in [-0.39, 0.29) is 0 Å². The van der Waals surface area contributed by atoms with Crippen molar-refractivity contribution in [3.8, 4) is 0 Å². The summed E-state index contributed by atoms with van der Waals surface area (Å²) in [5.41, 5.74) is 5.10. The minimum absolute atomic E-state index is 0.548. The number of morpholine rings is 1. The standard InChI is InChI=1S/C15H22N4OS/c1-13-3-2-4-14(11-13)12-17-18-15(21)16-5-6-19-7-9-20-10-8-19/h2-4,11-12H,5-10H2,1H3,(H2,16,18,21)/b17-12+. The highest BCUT2D eigenvalue weighted by Gasteiger charge is 2.09. The highest BCUT2D eigenvalue weighted by molar-refractivity contribution is 7.80. The number of ether oxygens (including phenoxy) is 1. The summed E-state index contributed by atoms with van der Waals surface area (Å²) in [6.45, 7) is 7.47. The lowest BCUT2D eigenvalue weighted by Crippen LogP contribution is -2.42. The minimum atomic E-state index is 0.548. The van der Waals surface area contributed by atoms with Gasteiger partial charge in [-0.3, -0.25) is 10.3 Å². The first-order valence-corrected chi connectivity index (χ1v) is 7.58. The van der Waals surface area contributed by atoms with E-state index in [0.717, 1.165) is 45.0 Å². The number of hydrogen-bond donors (Lipinski definition) is 2. The molecular formula is C15H22N4OS. The Kier molecular flexibility index (Phi) is 6.59. The molecule has 1 aliphatic rings. The van der Waals surface area contributed by atoms with Gasteiger partial charge in [-0.2, -0.15) is 5.10 Å². The zero-order valence-corrected chi connectivity index (χ0v) is 13.2. The third-order valence-corrected chi connectivity index (χ3v) is 3.47. The predicted molar refractivity (Wildman–Crippen MR) is 89.8 cm³/mol. The molecule has 1 aliphatic heterocycles. The van der Waals surface area contributed by atoms with Crippen LogP contribution in [-0.4, -0.2) is 55.6 Å². The summed E-state index contributed by atoms with van der Waals surface area (Å²) in [6, 6.07) is 8.14. The van der Waals surface area contributed by atoms with Crippen LogP contribution in [0.25, 0.3) is 0 Å². The lowest BCUT2D eigenvalue weighted by Gasteiger charge is -2.26. The van der Waals surface area contributed by atoms with Crippen LogP contribution in [-0.2, 0) is 4.74 Å². The third kappa shape index (κ3) is 6.20. The highest BCUT2D eigenvalue weighted by Crippen LogP contribution is 2.00. The molecular weight excluding hydrogens is 284 g/mol. The first kappa shape index (κ1) is 15.9. The molecule has 0 bridgehead atoms. The first-order chi connectivity index (χ1) is 10.2. The van der Waals surface area contributed by atoms with Crippen molar-refractivity contribution < 1.29 is 4.74 Å². The quantitative estimate of drug-likeness (QED) is 0.485. The number of hydrazone groups is 1. The molecule has 5 nitrogen and oxygen atoms in total. The van der Waals surface area contributed by atoms with Crippen LogP contribution in [0.1, 0.15) is 11.1 Å². The average molecular weight is 306 g/mol. The van der Waals surface area contributed by atoms with Gasteiger partial charge >= 0.3 is 0 Å². The Labute approximate surface area is 131 Å². The van der Waals surface area contributed by atoms with Crippen molar-refractivity contribution in [1.29, 1.82) is 0 Å². The lowest BCUT2D eigenvalue weighted by atomic mass is 10.2. The second-order valence-corrected chi connectivity index (χ2v) is 5.40. The summed E-state index contributed by atoms with van der Waals surface area (Å²) in [6.07, 6.45) is 1.77. The Bertz CT molecular complexity index is 486. The third-order valence-electron chi connectivity index (χ3n) is 3.24. The molecule has 2 rings (SSSR count). The normalized spacial score (nSPS) is 16.0. The number of nitrogens with one attached hydrogen (secondary N) is 2. The molecule has 0 radical (unpaired) electrons. The molecule has 1 fully saturated rings. The van der Waals surface area contributed by atoms with Gasteiger partial charge in [-0.05, 0) is 24.7 Å². The molecule has 114 valence electrons. The fourth-order valence-corrected chi connectivity index (χ4v) is 2.26. The smallest absolute Gasteiger partial charge is 0.187 e. The maximum absolute atomic E-state index is 5.31. The van der Waals surface area contributed by atoms with E-state index in [9.17, 15) is 0 Å². The van der Waals surface area contributed by atoms with E-state index >= 15 is 0 Å². The summed E-state index contributed by atoms with van der Waals surface area (Å²) in [7, 11) is 0. The maximum Gasteiger partial charge on any atom is 0.187 e. The molecule has 1 aromatic rings. The number of thiocarbonyl (C=S) groups is 1. The van der Waals surface area contributed by atoms with Crippen LogP contribution in [0.5, 0.6) is 0 Å². The molecule has 1 aromatic carbocycles. The van der Waals surface area contributed by atoms with Crippen LogP contribution in [0, 0.1) is 6.92 Å². The lowest BCUT2D eigenvalue weighted by molar-refractivity contribution is 0.0389. The average Bonchev–Trinajstić information content (AvgIpc) is 2.48. The van der Waals surface area contributed by atoms with Crippen molar-refractivity contribution in [2.75, 3.05) is 39.4 Å². The SMILES string of the molecule is Cc1cccc(/C=N/NC(=S)NCCN2CCOCC2)c1. The number of hydrogen-bond acceptors (Lipinski definition) is 4. The van der Waals surface area contributed by atoms with Crippen molar-refractivity contribution in [2.24, 2.45) is 5.10 Å². The van der Waals surface area contributed by atoms with Gasteiger partial charge in [0, 0.05) is 26.2 Å². The second-order valence-electron chi connectivity index (χ2n) is 4.99. The molecule has 1 heterocycles. The van der Waals surface area contributed by atoms with E-state index < -0.39 is 0 Å². The zero-order chi connectivity index (χ0) is 14.9. The molecule has 0 aliphatic carbocycles. The van der Waals surface area contributed by atoms with E-state index in [1.807, 2.05) is 12.1 Å². The van der Waals surface area contributed by atoms with Gasteiger partial charge in [0.25, 0.3) is 0 Å². The molecule has 0 unspecified atom stereocenters. The van der Waals surface area contributed by atoms with Gasteiger partial charge in [0.05, 0.1) is 19.4 Å². The number of nitrogens with zero attached hydrogens (tertiary/aromatic N) is 2. The molecule has 0 amide bonds. The monoisotopic (exact) mass is 306 g/mol. The first-order valence-electron chi connectivity index (χ1n) is 7.18. The fourth-order valence-electron chi connectivity index (χ4n) is 2.11. The van der Waals surface area contributed by atoms with Crippen LogP contribution in [0.2, 0.25) is 0 Å². The van der Waals surface area contributed by atoms with Gasteiger partial charge in [-0.25, -0.2) is 0 Å². The van der Waals surface area contributed by atoms with Crippen LogP contribution in [0.3, 0.4) is 0 Å². The van der Waals surface area contributed by atoms with Gasteiger partial charge in [0.15, 0.2) is 5.11 Å². The molecule has 0 saturated carbocycles. The molecule has 1 saturated heterocycles. The van der Waals surface area contributed by atoms with E-state index in [1.54, 1.807) is 6.21 Å². The summed E-state index contributed by atoms with van der Waals surface area (Å²) in [5, 5.41) is 7.84. The maximum atomic E-state index is 5.31. The summed E-state index contributed by atoms with van der Waals surface area (Å²) < 4.78 is 5.31. The summed E-state index contributed by atoms with van der Waals surface area (Å²) >= 11 is 5.18. The van der Waals surface area contributed by atoms with E-state index in [1.165, 1.54) is 5.56 Å². The molecule has 2 N–H and O–H groups in total. The fraction of sp³-hybridized carbons (Fsp3) is 0.467. The summed E-state index contributed by atoms with van der Waals surface area (Å²) in [4.78, 5) is 2.36. The molecule has 6 heteroatoms. The Balaban J connectivity index is 1.63. The van der Waals surface area contributed by atoms with Crippen molar-refractivity contribution in [2.45, 2.75) is 6.92 Å². The van der Waals surface area contributed by atoms with Gasteiger partial charge in [-0.1, -0.05) is 29.8 Å². The van der Waals surface area contributed by atoms with E-state index in [2.05, 4.69) is 39.8 Å². The number of aryl methyl sites for hydroxylation is 1. The molecule has 21 heavy (non-hydrogen) atoms. The molecule has 0 spiro atoms. The Morgan fingerprint density at radius 3 is 3.00 bits per heavy atom. The zero-order valence-electron chi connectivity index (χ0n) is 12.3. The Hall–Kier alpha value is -1.50. The van der Waals surface area contributed by atoms with Gasteiger partial charge in [-0.15, -0.1) is 0 Å². The van der Waals surface area contributed by atoms with Crippen molar-refractivity contribution in [1.82, 2.24) is 15.6 Å². The van der Waals surface area contributed by atoms with Gasteiger partial charge < -0.3 is 10.1 Å². The second kappa shape index (κ2) is 8.71.